The fraction of sp³-hybridized carbons (Fsp3) is 0.273. The van der Waals surface area contributed by atoms with Gasteiger partial charge in [-0.3, -0.25) is 10.1 Å². The molecule has 5 nitrogen and oxygen atoms in total. The predicted octanol–water partition coefficient (Wildman–Crippen LogP) is 2.43. The molecule has 7 heteroatoms. The summed E-state index contributed by atoms with van der Waals surface area (Å²) in [6.45, 7) is 0.329. The Balaban J connectivity index is 1.94. The topological polar surface area (TPSA) is 67.4 Å². The molecule has 1 unspecified atom stereocenters. The summed E-state index contributed by atoms with van der Waals surface area (Å²) in [6.07, 6.45) is -0.937. The number of rotatable bonds is 2. The fourth-order valence-corrected chi connectivity index (χ4v) is 1.88. The lowest BCUT2D eigenvalue weighted by atomic mass is 10.3. The first kappa shape index (κ1) is 13.0. The maximum absolute atomic E-state index is 11.6. The molecule has 1 aliphatic heterocycles. The minimum absolute atomic E-state index is 0.131. The number of anilines is 1. The summed E-state index contributed by atoms with van der Waals surface area (Å²) in [5, 5.41) is 5.85. The minimum Gasteiger partial charge on any atom is -0.444 e. The molecule has 0 aromatic heterocycles. The Morgan fingerprint density at radius 2 is 2.22 bits per heavy atom. The quantitative estimate of drug-likeness (QED) is 0.878. The number of hydrogen-bond acceptors (Lipinski definition) is 3. The normalized spacial score (nSPS) is 18.3. The number of benzene rings is 1. The van der Waals surface area contributed by atoms with Crippen molar-refractivity contribution < 1.29 is 14.3 Å². The van der Waals surface area contributed by atoms with E-state index in [2.05, 4.69) is 10.6 Å². The summed E-state index contributed by atoms with van der Waals surface area (Å²) in [6, 6.07) is 4.70. The van der Waals surface area contributed by atoms with E-state index >= 15 is 0 Å². The van der Waals surface area contributed by atoms with Gasteiger partial charge in [-0.25, -0.2) is 4.79 Å². The molecule has 2 amide bonds. The second-order valence-corrected chi connectivity index (χ2v) is 4.63. The van der Waals surface area contributed by atoms with Crippen LogP contribution in [0.2, 0.25) is 10.0 Å². The highest BCUT2D eigenvalue weighted by molar-refractivity contribution is 6.35. The van der Waals surface area contributed by atoms with Gasteiger partial charge in [0.25, 0.3) is 0 Å². The third-order valence-corrected chi connectivity index (χ3v) is 2.94. The van der Waals surface area contributed by atoms with Crippen LogP contribution in [0.5, 0.6) is 0 Å². The maximum atomic E-state index is 11.6. The molecule has 0 aliphatic carbocycles. The molecule has 1 aromatic rings. The van der Waals surface area contributed by atoms with Gasteiger partial charge in [-0.05, 0) is 18.2 Å². The predicted molar refractivity (Wildman–Crippen MR) is 68.0 cm³/mol. The van der Waals surface area contributed by atoms with Crippen LogP contribution >= 0.6 is 23.2 Å². The van der Waals surface area contributed by atoms with Gasteiger partial charge in [0.05, 0.1) is 23.7 Å². The monoisotopic (exact) mass is 288 g/mol. The van der Waals surface area contributed by atoms with Crippen molar-refractivity contribution in [3.05, 3.63) is 28.2 Å². The zero-order valence-electron chi connectivity index (χ0n) is 9.20. The summed E-state index contributed by atoms with van der Waals surface area (Å²) >= 11 is 11.7. The molecule has 2 N–H and O–H groups in total. The number of hydrogen-bond donors (Lipinski definition) is 2. The summed E-state index contributed by atoms with van der Waals surface area (Å²) in [5.41, 5.74) is 0.367. The summed E-state index contributed by atoms with van der Waals surface area (Å²) < 4.78 is 5.05. The van der Waals surface area contributed by atoms with E-state index in [0.717, 1.165) is 0 Å². The number of ether oxygens (including phenoxy) is 1. The van der Waals surface area contributed by atoms with E-state index in [0.29, 0.717) is 22.3 Å². The molecule has 1 fully saturated rings. The highest BCUT2D eigenvalue weighted by atomic mass is 35.5. The van der Waals surface area contributed by atoms with Gasteiger partial charge >= 0.3 is 6.09 Å². The maximum Gasteiger partial charge on any atom is 0.412 e. The highest BCUT2D eigenvalue weighted by Crippen LogP contribution is 2.25. The number of carbonyl (C=O) groups is 2. The van der Waals surface area contributed by atoms with Gasteiger partial charge in [-0.2, -0.15) is 0 Å². The van der Waals surface area contributed by atoms with E-state index < -0.39 is 12.2 Å². The van der Waals surface area contributed by atoms with Crippen molar-refractivity contribution in [2.75, 3.05) is 11.9 Å². The molecule has 2 rings (SSSR count). The van der Waals surface area contributed by atoms with E-state index in [-0.39, 0.29) is 12.3 Å². The van der Waals surface area contributed by atoms with Gasteiger partial charge in [-0.1, -0.05) is 23.2 Å². The standard InChI is InChI=1S/C11H10Cl2N2O3/c12-6-1-2-8(13)9(3-6)15-11(17)18-7-4-10(16)14-5-7/h1-3,7H,4-5H2,(H,14,16)(H,15,17). The summed E-state index contributed by atoms with van der Waals surface area (Å²) in [4.78, 5) is 22.5. The van der Waals surface area contributed by atoms with Crippen molar-refractivity contribution in [2.45, 2.75) is 12.5 Å². The van der Waals surface area contributed by atoms with E-state index in [1.165, 1.54) is 6.07 Å². The SMILES string of the molecule is O=C1CC(OC(=O)Nc2cc(Cl)ccc2Cl)CN1. The van der Waals surface area contributed by atoms with Crippen LogP contribution in [0, 0.1) is 0 Å². The first-order chi connectivity index (χ1) is 8.54. The summed E-state index contributed by atoms with van der Waals surface area (Å²) in [5.74, 6) is -0.131. The van der Waals surface area contributed by atoms with E-state index in [1.807, 2.05) is 0 Å². The molecule has 1 atom stereocenters. The molecule has 1 heterocycles. The van der Waals surface area contributed by atoms with Crippen LogP contribution in [0.3, 0.4) is 0 Å². The van der Waals surface area contributed by atoms with Crippen LogP contribution in [-0.2, 0) is 9.53 Å². The lowest BCUT2D eigenvalue weighted by Gasteiger charge is -2.12. The average Bonchev–Trinajstić information content (AvgIpc) is 2.69. The number of carbonyl (C=O) groups excluding carboxylic acids is 2. The van der Waals surface area contributed by atoms with Crippen LogP contribution in [-0.4, -0.2) is 24.6 Å². The smallest absolute Gasteiger partial charge is 0.412 e. The Hall–Kier alpha value is -1.46. The fourth-order valence-electron chi connectivity index (χ4n) is 1.55. The third-order valence-electron chi connectivity index (χ3n) is 2.38. The number of nitrogens with one attached hydrogen (secondary N) is 2. The first-order valence-corrected chi connectivity index (χ1v) is 5.99. The van der Waals surface area contributed by atoms with E-state index in [1.54, 1.807) is 12.1 Å². The van der Waals surface area contributed by atoms with E-state index in [9.17, 15) is 9.59 Å². The molecule has 18 heavy (non-hydrogen) atoms. The zero-order chi connectivity index (χ0) is 13.1. The van der Waals surface area contributed by atoms with Gasteiger partial charge in [-0.15, -0.1) is 0 Å². The largest absolute Gasteiger partial charge is 0.444 e. The Bertz CT molecular complexity index is 493. The Kier molecular flexibility index (Phi) is 3.93. The van der Waals surface area contributed by atoms with Crippen molar-refractivity contribution in [3.63, 3.8) is 0 Å². The van der Waals surface area contributed by atoms with Crippen LogP contribution in [0.15, 0.2) is 18.2 Å². The highest BCUT2D eigenvalue weighted by Gasteiger charge is 2.25. The first-order valence-electron chi connectivity index (χ1n) is 5.24. The third kappa shape index (κ3) is 3.27. The van der Waals surface area contributed by atoms with Crippen molar-refractivity contribution >= 4 is 40.9 Å². The molecule has 1 aliphatic rings. The molecule has 96 valence electrons. The van der Waals surface area contributed by atoms with Gasteiger partial charge < -0.3 is 10.1 Å². The van der Waals surface area contributed by atoms with Crippen LogP contribution in [0.1, 0.15) is 6.42 Å². The minimum atomic E-state index is -0.666. The van der Waals surface area contributed by atoms with Gasteiger partial charge in [0.1, 0.15) is 6.10 Å². The second kappa shape index (κ2) is 5.46. The number of amides is 2. The Morgan fingerprint density at radius 3 is 2.89 bits per heavy atom. The zero-order valence-corrected chi connectivity index (χ0v) is 10.7. The number of halogens is 2. The molecular weight excluding hydrogens is 279 g/mol. The molecule has 1 saturated heterocycles. The Labute approximate surface area is 113 Å². The van der Waals surface area contributed by atoms with Crippen LogP contribution in [0.25, 0.3) is 0 Å². The Morgan fingerprint density at radius 1 is 1.44 bits per heavy atom. The summed E-state index contributed by atoms with van der Waals surface area (Å²) in [7, 11) is 0. The molecule has 0 bridgehead atoms. The second-order valence-electron chi connectivity index (χ2n) is 3.78. The van der Waals surface area contributed by atoms with Crippen molar-refractivity contribution in [1.82, 2.24) is 5.32 Å². The van der Waals surface area contributed by atoms with Crippen LogP contribution < -0.4 is 10.6 Å². The van der Waals surface area contributed by atoms with Crippen molar-refractivity contribution in [1.29, 1.82) is 0 Å². The van der Waals surface area contributed by atoms with E-state index in [4.69, 9.17) is 27.9 Å². The van der Waals surface area contributed by atoms with Gasteiger partial charge in [0, 0.05) is 5.02 Å². The van der Waals surface area contributed by atoms with Crippen LogP contribution in [0.4, 0.5) is 10.5 Å². The lowest BCUT2D eigenvalue weighted by molar-refractivity contribution is -0.119. The van der Waals surface area contributed by atoms with Gasteiger partial charge in [0.2, 0.25) is 5.91 Å². The molecule has 0 spiro atoms. The van der Waals surface area contributed by atoms with Gasteiger partial charge in [0.15, 0.2) is 0 Å². The molecule has 0 radical (unpaired) electrons. The van der Waals surface area contributed by atoms with Crippen molar-refractivity contribution in [2.24, 2.45) is 0 Å². The molecule has 0 saturated carbocycles. The molecular formula is C11H10Cl2N2O3. The average molecular weight is 289 g/mol. The molecule has 1 aromatic carbocycles. The lowest BCUT2D eigenvalue weighted by Crippen LogP contribution is -2.24. The van der Waals surface area contributed by atoms with Crippen molar-refractivity contribution in [3.8, 4) is 0 Å².